The number of ether oxygens (including phenoxy) is 1. The number of hydrogen-bond acceptors (Lipinski definition) is 4. The van der Waals surface area contributed by atoms with Crippen LogP contribution in [0.3, 0.4) is 0 Å². The molecule has 1 aromatic rings. The van der Waals surface area contributed by atoms with Crippen LogP contribution in [0.25, 0.3) is 0 Å². The Balaban J connectivity index is 1.98. The molecule has 0 aromatic carbocycles. The molecule has 17 heavy (non-hydrogen) atoms. The summed E-state index contributed by atoms with van der Waals surface area (Å²) in [5.41, 5.74) is 1.00. The molecular weight excluding hydrogens is 224 g/mol. The maximum atomic E-state index is 11.3. The van der Waals surface area contributed by atoms with Crippen LogP contribution in [-0.2, 0) is 16.0 Å². The van der Waals surface area contributed by atoms with E-state index in [2.05, 4.69) is 4.98 Å². The molecule has 1 saturated heterocycles. The van der Waals surface area contributed by atoms with Crippen molar-refractivity contribution in [3.63, 3.8) is 0 Å². The van der Waals surface area contributed by atoms with E-state index in [9.17, 15) is 9.59 Å². The van der Waals surface area contributed by atoms with Gasteiger partial charge in [0, 0.05) is 18.9 Å². The summed E-state index contributed by atoms with van der Waals surface area (Å²) in [4.78, 5) is 27.3. The van der Waals surface area contributed by atoms with Gasteiger partial charge in [-0.3, -0.25) is 9.88 Å². The third kappa shape index (κ3) is 2.52. The second-order valence-corrected chi connectivity index (χ2v) is 3.73. The zero-order valence-electron chi connectivity index (χ0n) is 9.07. The van der Waals surface area contributed by atoms with Crippen LogP contribution in [0.2, 0.25) is 0 Å². The van der Waals surface area contributed by atoms with Crippen molar-refractivity contribution in [1.82, 2.24) is 9.88 Å². The first-order valence-electron chi connectivity index (χ1n) is 5.23. The van der Waals surface area contributed by atoms with Gasteiger partial charge in [0.2, 0.25) is 0 Å². The van der Waals surface area contributed by atoms with Crippen molar-refractivity contribution in [3.05, 3.63) is 30.1 Å². The van der Waals surface area contributed by atoms with E-state index in [1.54, 1.807) is 12.4 Å². The molecule has 0 saturated carbocycles. The van der Waals surface area contributed by atoms with Crippen molar-refractivity contribution in [3.8, 4) is 0 Å². The van der Waals surface area contributed by atoms with E-state index < -0.39 is 18.1 Å². The molecule has 2 rings (SSSR count). The molecule has 6 heteroatoms. The highest BCUT2D eigenvalue weighted by atomic mass is 16.6. The van der Waals surface area contributed by atoms with E-state index in [0.29, 0.717) is 13.0 Å². The second-order valence-electron chi connectivity index (χ2n) is 3.73. The molecule has 0 radical (unpaired) electrons. The number of amides is 1. The molecule has 0 spiro atoms. The van der Waals surface area contributed by atoms with Gasteiger partial charge in [-0.1, -0.05) is 0 Å². The number of nitrogens with zero attached hydrogens (tertiary/aromatic N) is 2. The molecule has 90 valence electrons. The van der Waals surface area contributed by atoms with Gasteiger partial charge in [-0.15, -0.1) is 0 Å². The molecular formula is C11H12N2O4. The van der Waals surface area contributed by atoms with Crippen LogP contribution in [0.15, 0.2) is 24.5 Å². The Morgan fingerprint density at radius 1 is 1.53 bits per heavy atom. The van der Waals surface area contributed by atoms with E-state index in [4.69, 9.17) is 9.84 Å². The number of aliphatic carboxylic acids is 1. The lowest BCUT2D eigenvalue weighted by molar-refractivity contribution is -0.141. The normalized spacial score (nSPS) is 19.2. The molecule has 0 bridgehead atoms. The molecule has 1 atom stereocenters. The number of rotatable bonds is 4. The van der Waals surface area contributed by atoms with Crippen molar-refractivity contribution >= 4 is 12.1 Å². The number of carbonyl (C=O) groups excluding carboxylic acids is 1. The number of carbonyl (C=O) groups is 2. The molecule has 1 unspecified atom stereocenters. The van der Waals surface area contributed by atoms with Gasteiger partial charge in [0.25, 0.3) is 0 Å². The molecule has 2 heterocycles. The Labute approximate surface area is 97.8 Å². The van der Waals surface area contributed by atoms with E-state index >= 15 is 0 Å². The summed E-state index contributed by atoms with van der Waals surface area (Å²) < 4.78 is 4.72. The predicted molar refractivity (Wildman–Crippen MR) is 57.4 cm³/mol. The number of pyridine rings is 1. The second kappa shape index (κ2) is 4.82. The molecule has 1 fully saturated rings. The third-order valence-electron chi connectivity index (χ3n) is 2.65. The number of carboxylic acid groups (broad SMARTS) is 1. The summed E-state index contributed by atoms with van der Waals surface area (Å²) in [6.45, 7) is 0.254. The standard InChI is InChI=1S/C11H12N2O4/c14-10(15)9-7-17-11(16)13(9)6-3-8-1-4-12-5-2-8/h1-2,4-5,9H,3,6-7H2,(H,14,15). The average Bonchev–Trinajstić information content (AvgIpc) is 2.69. The summed E-state index contributed by atoms with van der Waals surface area (Å²) >= 11 is 0. The quantitative estimate of drug-likeness (QED) is 0.824. The monoisotopic (exact) mass is 236 g/mol. The SMILES string of the molecule is O=C(O)C1COC(=O)N1CCc1ccncc1. The van der Waals surface area contributed by atoms with Crippen molar-refractivity contribution in [2.45, 2.75) is 12.5 Å². The van der Waals surface area contributed by atoms with Crippen molar-refractivity contribution in [2.24, 2.45) is 0 Å². The lowest BCUT2D eigenvalue weighted by Gasteiger charge is -2.17. The Hall–Kier alpha value is -2.11. The molecule has 0 aliphatic carbocycles. The van der Waals surface area contributed by atoms with Gasteiger partial charge in [-0.25, -0.2) is 9.59 Å². The average molecular weight is 236 g/mol. The first-order valence-corrected chi connectivity index (χ1v) is 5.23. The zero-order valence-corrected chi connectivity index (χ0v) is 9.07. The van der Waals surface area contributed by atoms with Crippen LogP contribution >= 0.6 is 0 Å². The van der Waals surface area contributed by atoms with E-state index in [-0.39, 0.29) is 6.61 Å². The molecule has 1 amide bonds. The largest absolute Gasteiger partial charge is 0.480 e. The third-order valence-corrected chi connectivity index (χ3v) is 2.65. The van der Waals surface area contributed by atoms with E-state index in [1.807, 2.05) is 12.1 Å². The summed E-state index contributed by atoms with van der Waals surface area (Å²) in [5, 5.41) is 8.91. The minimum Gasteiger partial charge on any atom is -0.480 e. The number of cyclic esters (lactones) is 1. The minimum atomic E-state index is -1.04. The summed E-state index contributed by atoms with van der Waals surface area (Å²) in [7, 11) is 0. The lowest BCUT2D eigenvalue weighted by Crippen LogP contribution is -2.40. The van der Waals surface area contributed by atoms with E-state index in [1.165, 1.54) is 4.90 Å². The Bertz CT molecular complexity index is 421. The van der Waals surface area contributed by atoms with Crippen LogP contribution in [0.4, 0.5) is 4.79 Å². The summed E-state index contributed by atoms with van der Waals surface area (Å²) in [6, 6.07) is 2.79. The summed E-state index contributed by atoms with van der Waals surface area (Å²) in [5.74, 6) is -1.04. The van der Waals surface area contributed by atoms with Crippen LogP contribution in [0.1, 0.15) is 5.56 Å². The topological polar surface area (TPSA) is 79.7 Å². The minimum absolute atomic E-state index is 0.0789. The van der Waals surface area contributed by atoms with Crippen molar-refractivity contribution in [1.29, 1.82) is 0 Å². The first-order chi connectivity index (χ1) is 8.18. The molecule has 1 aliphatic heterocycles. The fraction of sp³-hybridized carbons (Fsp3) is 0.364. The van der Waals surface area contributed by atoms with Gasteiger partial charge >= 0.3 is 12.1 Å². The molecule has 1 aromatic heterocycles. The first kappa shape index (κ1) is 11.4. The number of aromatic nitrogens is 1. The Morgan fingerprint density at radius 2 is 2.24 bits per heavy atom. The van der Waals surface area contributed by atoms with Gasteiger partial charge in [-0.2, -0.15) is 0 Å². The van der Waals surface area contributed by atoms with Gasteiger partial charge in [0.1, 0.15) is 6.61 Å². The smallest absolute Gasteiger partial charge is 0.410 e. The fourth-order valence-electron chi connectivity index (χ4n) is 1.70. The van der Waals surface area contributed by atoms with Crippen LogP contribution in [0, 0.1) is 0 Å². The lowest BCUT2D eigenvalue weighted by atomic mass is 10.2. The van der Waals surface area contributed by atoms with Gasteiger partial charge in [0.15, 0.2) is 6.04 Å². The molecule has 1 aliphatic rings. The molecule has 6 nitrogen and oxygen atoms in total. The van der Waals surface area contributed by atoms with Crippen LogP contribution < -0.4 is 0 Å². The van der Waals surface area contributed by atoms with E-state index in [0.717, 1.165) is 5.56 Å². The van der Waals surface area contributed by atoms with Gasteiger partial charge < -0.3 is 9.84 Å². The van der Waals surface area contributed by atoms with Crippen LogP contribution in [-0.4, -0.2) is 46.2 Å². The van der Waals surface area contributed by atoms with Crippen LogP contribution in [0.5, 0.6) is 0 Å². The number of carboxylic acids is 1. The van der Waals surface area contributed by atoms with Gasteiger partial charge in [0.05, 0.1) is 0 Å². The predicted octanol–water partition coefficient (Wildman–Crippen LogP) is 0.529. The zero-order chi connectivity index (χ0) is 12.3. The Kier molecular flexibility index (Phi) is 3.22. The number of hydrogen-bond donors (Lipinski definition) is 1. The highest BCUT2D eigenvalue weighted by Crippen LogP contribution is 2.13. The van der Waals surface area contributed by atoms with Crippen molar-refractivity contribution in [2.75, 3.05) is 13.2 Å². The highest BCUT2D eigenvalue weighted by Gasteiger charge is 2.37. The maximum Gasteiger partial charge on any atom is 0.410 e. The Morgan fingerprint density at radius 3 is 2.88 bits per heavy atom. The fourth-order valence-corrected chi connectivity index (χ4v) is 1.70. The summed E-state index contributed by atoms with van der Waals surface area (Å²) in [6.07, 6.45) is 3.34. The maximum absolute atomic E-state index is 11.3. The highest BCUT2D eigenvalue weighted by molar-refractivity contribution is 5.82. The van der Waals surface area contributed by atoms with Gasteiger partial charge in [-0.05, 0) is 24.1 Å². The molecule has 1 N–H and O–H groups in total. The van der Waals surface area contributed by atoms with Crippen molar-refractivity contribution < 1.29 is 19.4 Å².